The summed E-state index contributed by atoms with van der Waals surface area (Å²) in [5.74, 6) is 0.920. The zero-order chi connectivity index (χ0) is 11.1. The zero-order valence-electron chi connectivity index (χ0n) is 9.75. The van der Waals surface area contributed by atoms with Crippen LogP contribution < -0.4 is 5.32 Å². The molecule has 0 aliphatic carbocycles. The molecule has 0 saturated heterocycles. The van der Waals surface area contributed by atoms with Crippen LogP contribution in [0.2, 0.25) is 0 Å². The first-order chi connectivity index (χ1) is 7.24. The number of rotatable bonds is 7. The number of nitrogens with one attached hydrogen (secondary N) is 1. The number of likely N-dealkylation sites (N-methyl/N-ethyl adjacent to an activating group) is 1. The maximum absolute atomic E-state index is 5.51. The molecule has 0 spiro atoms. The van der Waals surface area contributed by atoms with Crippen LogP contribution in [0.15, 0.2) is 16.7 Å². The molecule has 0 aliphatic heterocycles. The van der Waals surface area contributed by atoms with Gasteiger partial charge in [0.15, 0.2) is 0 Å². The summed E-state index contributed by atoms with van der Waals surface area (Å²) >= 11 is 0. The third-order valence-corrected chi connectivity index (χ3v) is 2.12. The first-order valence-electron chi connectivity index (χ1n) is 5.16. The Morgan fingerprint density at radius 3 is 2.93 bits per heavy atom. The van der Waals surface area contributed by atoms with Crippen molar-refractivity contribution in [3.63, 3.8) is 0 Å². The number of hydrogen-bond donors (Lipinski definition) is 1. The van der Waals surface area contributed by atoms with Crippen LogP contribution in [0.3, 0.4) is 0 Å². The van der Waals surface area contributed by atoms with E-state index in [9.17, 15) is 0 Å². The highest BCUT2D eigenvalue weighted by molar-refractivity contribution is 5.15. The first kappa shape index (κ1) is 12.2. The summed E-state index contributed by atoms with van der Waals surface area (Å²) in [4.78, 5) is 2.09. The highest BCUT2D eigenvalue weighted by atomic mass is 16.5. The van der Waals surface area contributed by atoms with Crippen molar-refractivity contribution in [2.45, 2.75) is 13.2 Å². The van der Waals surface area contributed by atoms with E-state index in [0.29, 0.717) is 6.61 Å². The molecule has 1 aromatic heterocycles. The van der Waals surface area contributed by atoms with E-state index in [1.807, 2.05) is 27.2 Å². The third kappa shape index (κ3) is 4.46. The number of hydrogen-bond acceptors (Lipinski definition) is 4. The van der Waals surface area contributed by atoms with Crippen LogP contribution in [0.5, 0.6) is 0 Å². The van der Waals surface area contributed by atoms with Crippen molar-refractivity contribution in [2.75, 3.05) is 34.3 Å². The van der Waals surface area contributed by atoms with Crippen LogP contribution in [0.1, 0.15) is 11.3 Å². The summed E-state index contributed by atoms with van der Waals surface area (Å²) in [7, 11) is 5.98. The number of furan rings is 1. The van der Waals surface area contributed by atoms with Crippen molar-refractivity contribution in [1.82, 2.24) is 10.2 Å². The molecule has 4 nitrogen and oxygen atoms in total. The maximum Gasteiger partial charge on any atom is 0.133 e. The van der Waals surface area contributed by atoms with Crippen LogP contribution in [-0.4, -0.2) is 39.2 Å². The van der Waals surface area contributed by atoms with Crippen LogP contribution in [0.25, 0.3) is 0 Å². The Morgan fingerprint density at radius 1 is 1.47 bits per heavy atom. The summed E-state index contributed by atoms with van der Waals surface area (Å²) in [6.45, 7) is 3.04. The third-order valence-electron chi connectivity index (χ3n) is 2.12. The summed E-state index contributed by atoms with van der Waals surface area (Å²) in [6.07, 6.45) is 1.71. The smallest absolute Gasteiger partial charge is 0.133 e. The van der Waals surface area contributed by atoms with E-state index in [4.69, 9.17) is 9.15 Å². The first-order valence-corrected chi connectivity index (χ1v) is 5.16. The van der Waals surface area contributed by atoms with Gasteiger partial charge < -0.3 is 19.4 Å². The molecule has 1 N–H and O–H groups in total. The largest absolute Gasteiger partial charge is 0.467 e. The van der Waals surface area contributed by atoms with Gasteiger partial charge >= 0.3 is 0 Å². The molecule has 1 heterocycles. The fraction of sp³-hybridized carbons (Fsp3) is 0.636. The fourth-order valence-corrected chi connectivity index (χ4v) is 1.25. The topological polar surface area (TPSA) is 37.6 Å². The molecular weight excluding hydrogens is 192 g/mol. The molecule has 0 aliphatic rings. The van der Waals surface area contributed by atoms with E-state index < -0.39 is 0 Å². The van der Waals surface area contributed by atoms with Gasteiger partial charge in [0, 0.05) is 18.7 Å². The molecular formula is C11H20N2O2. The SMILES string of the molecule is CNCc1ccoc1COCCN(C)C. The minimum Gasteiger partial charge on any atom is -0.467 e. The number of nitrogens with zero attached hydrogens (tertiary/aromatic N) is 1. The van der Waals surface area contributed by atoms with Crippen LogP contribution >= 0.6 is 0 Å². The van der Waals surface area contributed by atoms with Crippen LogP contribution in [-0.2, 0) is 17.9 Å². The predicted molar refractivity (Wildman–Crippen MR) is 59.7 cm³/mol. The molecule has 0 unspecified atom stereocenters. The lowest BCUT2D eigenvalue weighted by atomic mass is 10.2. The van der Waals surface area contributed by atoms with Gasteiger partial charge in [-0.15, -0.1) is 0 Å². The Balaban J connectivity index is 2.27. The monoisotopic (exact) mass is 212 g/mol. The van der Waals surface area contributed by atoms with E-state index >= 15 is 0 Å². The Hall–Kier alpha value is -0.840. The van der Waals surface area contributed by atoms with E-state index in [2.05, 4.69) is 10.2 Å². The van der Waals surface area contributed by atoms with Gasteiger partial charge in [-0.3, -0.25) is 0 Å². The molecule has 1 aromatic rings. The van der Waals surface area contributed by atoms with Gasteiger partial charge in [-0.25, -0.2) is 0 Å². The molecule has 0 fully saturated rings. The predicted octanol–water partition coefficient (Wildman–Crippen LogP) is 1.08. The van der Waals surface area contributed by atoms with Crippen molar-refractivity contribution < 1.29 is 9.15 Å². The van der Waals surface area contributed by atoms with Crippen molar-refractivity contribution >= 4 is 0 Å². The minimum absolute atomic E-state index is 0.553. The Labute approximate surface area is 91.2 Å². The molecule has 0 saturated carbocycles. The van der Waals surface area contributed by atoms with Gasteiger partial charge in [-0.2, -0.15) is 0 Å². The minimum atomic E-state index is 0.553. The molecule has 0 radical (unpaired) electrons. The van der Waals surface area contributed by atoms with Gasteiger partial charge in [0.2, 0.25) is 0 Å². The molecule has 1 rings (SSSR count). The van der Waals surface area contributed by atoms with Crippen molar-refractivity contribution in [3.05, 3.63) is 23.7 Å². The molecule has 4 heteroatoms. The average molecular weight is 212 g/mol. The van der Waals surface area contributed by atoms with Crippen molar-refractivity contribution in [3.8, 4) is 0 Å². The quantitative estimate of drug-likeness (QED) is 0.686. The second-order valence-electron chi connectivity index (χ2n) is 3.76. The molecule has 0 aromatic carbocycles. The molecule has 0 atom stereocenters. The average Bonchev–Trinajstić information content (AvgIpc) is 2.61. The van der Waals surface area contributed by atoms with E-state index in [1.165, 1.54) is 5.56 Å². The molecule has 0 amide bonds. The molecule has 86 valence electrons. The van der Waals surface area contributed by atoms with Crippen molar-refractivity contribution in [1.29, 1.82) is 0 Å². The van der Waals surface area contributed by atoms with E-state index in [1.54, 1.807) is 6.26 Å². The lowest BCUT2D eigenvalue weighted by Crippen LogP contribution is -2.18. The van der Waals surface area contributed by atoms with Crippen LogP contribution in [0.4, 0.5) is 0 Å². The molecule has 0 bridgehead atoms. The van der Waals surface area contributed by atoms with Gasteiger partial charge in [0.25, 0.3) is 0 Å². The van der Waals surface area contributed by atoms with Gasteiger partial charge in [0.05, 0.1) is 12.9 Å². The van der Waals surface area contributed by atoms with Gasteiger partial charge in [0.1, 0.15) is 12.4 Å². The maximum atomic E-state index is 5.51. The summed E-state index contributed by atoms with van der Waals surface area (Å²) in [6, 6.07) is 1.97. The Bertz CT molecular complexity index is 271. The van der Waals surface area contributed by atoms with Crippen LogP contribution in [0, 0.1) is 0 Å². The zero-order valence-corrected chi connectivity index (χ0v) is 9.75. The summed E-state index contributed by atoms with van der Waals surface area (Å²) in [5.41, 5.74) is 1.17. The Morgan fingerprint density at radius 2 is 2.27 bits per heavy atom. The second-order valence-corrected chi connectivity index (χ2v) is 3.76. The highest BCUT2D eigenvalue weighted by Gasteiger charge is 2.05. The van der Waals surface area contributed by atoms with E-state index in [-0.39, 0.29) is 0 Å². The fourth-order valence-electron chi connectivity index (χ4n) is 1.25. The molecule has 15 heavy (non-hydrogen) atoms. The standard InChI is InChI=1S/C11H20N2O2/c1-12-8-10-4-6-15-11(10)9-14-7-5-13(2)3/h4,6,12H,5,7-9H2,1-3H3. The lowest BCUT2D eigenvalue weighted by Gasteiger charge is -2.09. The number of ether oxygens (including phenoxy) is 1. The van der Waals surface area contributed by atoms with Gasteiger partial charge in [-0.05, 0) is 27.2 Å². The van der Waals surface area contributed by atoms with E-state index in [0.717, 1.165) is 25.5 Å². The normalized spacial score (nSPS) is 11.2. The Kier molecular flexibility index (Phi) is 5.39. The highest BCUT2D eigenvalue weighted by Crippen LogP contribution is 2.11. The lowest BCUT2D eigenvalue weighted by molar-refractivity contribution is 0.0919. The summed E-state index contributed by atoms with van der Waals surface area (Å²) in [5, 5.41) is 3.10. The van der Waals surface area contributed by atoms with Gasteiger partial charge in [-0.1, -0.05) is 0 Å². The summed E-state index contributed by atoms with van der Waals surface area (Å²) < 4.78 is 10.9. The second kappa shape index (κ2) is 6.61. The van der Waals surface area contributed by atoms with Crippen molar-refractivity contribution in [2.24, 2.45) is 0 Å².